The Morgan fingerprint density at radius 3 is 2.68 bits per heavy atom. The second-order valence-electron chi connectivity index (χ2n) is 5.67. The molecule has 0 saturated carbocycles. The first-order chi connectivity index (χ1) is 12.2. The maximum atomic E-state index is 12.4. The molecule has 7 nitrogen and oxygen atoms in total. The molecule has 1 atom stereocenters. The van der Waals surface area contributed by atoms with Gasteiger partial charge < -0.3 is 14.8 Å². The summed E-state index contributed by atoms with van der Waals surface area (Å²) in [6, 6.07) is 14.5. The van der Waals surface area contributed by atoms with Gasteiger partial charge in [-0.05, 0) is 31.2 Å². The van der Waals surface area contributed by atoms with E-state index in [1.165, 1.54) is 6.39 Å². The van der Waals surface area contributed by atoms with Crippen LogP contribution in [0.15, 0.2) is 59.4 Å². The molecule has 0 aliphatic carbocycles. The summed E-state index contributed by atoms with van der Waals surface area (Å²) in [6.07, 6.45) is 1.27. The van der Waals surface area contributed by atoms with Crippen molar-refractivity contribution in [2.75, 3.05) is 0 Å². The fraction of sp³-hybridized carbons (Fsp3) is 0.111. The van der Waals surface area contributed by atoms with E-state index in [2.05, 4.69) is 25.4 Å². The van der Waals surface area contributed by atoms with Crippen LogP contribution in [0.25, 0.3) is 22.4 Å². The number of hydrogen-bond donors (Lipinski definition) is 2. The first-order valence-electron chi connectivity index (χ1n) is 7.83. The molecule has 124 valence electrons. The SMILES string of the molecule is CC(NC(=O)c1ccc(-c2ncon2)cc1)c1nc2ccccc2[nH]1. The van der Waals surface area contributed by atoms with Crippen LogP contribution in [-0.2, 0) is 0 Å². The van der Waals surface area contributed by atoms with Gasteiger partial charge in [-0.25, -0.2) is 4.98 Å². The van der Waals surface area contributed by atoms with E-state index >= 15 is 0 Å². The van der Waals surface area contributed by atoms with Crippen molar-refractivity contribution >= 4 is 16.9 Å². The number of aromatic amines is 1. The number of imidazole rings is 1. The highest BCUT2D eigenvalue weighted by Gasteiger charge is 2.15. The molecule has 0 bridgehead atoms. The zero-order chi connectivity index (χ0) is 17.2. The minimum absolute atomic E-state index is 0.174. The van der Waals surface area contributed by atoms with Gasteiger partial charge in [-0.1, -0.05) is 29.4 Å². The van der Waals surface area contributed by atoms with E-state index in [-0.39, 0.29) is 11.9 Å². The van der Waals surface area contributed by atoms with E-state index in [9.17, 15) is 4.79 Å². The van der Waals surface area contributed by atoms with Crippen LogP contribution in [0.1, 0.15) is 29.1 Å². The van der Waals surface area contributed by atoms with E-state index in [1.54, 1.807) is 24.3 Å². The highest BCUT2D eigenvalue weighted by Crippen LogP contribution is 2.18. The van der Waals surface area contributed by atoms with Gasteiger partial charge in [-0.3, -0.25) is 4.79 Å². The van der Waals surface area contributed by atoms with Crippen molar-refractivity contribution in [3.63, 3.8) is 0 Å². The number of rotatable bonds is 4. The maximum absolute atomic E-state index is 12.4. The fourth-order valence-electron chi connectivity index (χ4n) is 2.59. The molecule has 7 heteroatoms. The van der Waals surface area contributed by atoms with Gasteiger partial charge in [0.05, 0.1) is 17.1 Å². The van der Waals surface area contributed by atoms with Gasteiger partial charge in [0, 0.05) is 11.1 Å². The molecule has 0 aliphatic rings. The number of carbonyl (C=O) groups is 1. The highest BCUT2D eigenvalue weighted by atomic mass is 16.5. The predicted molar refractivity (Wildman–Crippen MR) is 91.7 cm³/mol. The predicted octanol–water partition coefficient (Wildman–Crippen LogP) is 3.10. The Bertz CT molecular complexity index is 973. The molecule has 1 unspecified atom stereocenters. The van der Waals surface area contributed by atoms with Crippen molar-refractivity contribution in [3.8, 4) is 11.4 Å². The molecule has 2 N–H and O–H groups in total. The van der Waals surface area contributed by atoms with Crippen LogP contribution in [0.4, 0.5) is 0 Å². The average Bonchev–Trinajstić information content (AvgIpc) is 3.31. The van der Waals surface area contributed by atoms with Crippen LogP contribution in [0.2, 0.25) is 0 Å². The van der Waals surface area contributed by atoms with Crippen molar-refractivity contribution < 1.29 is 9.32 Å². The van der Waals surface area contributed by atoms with Gasteiger partial charge in [0.15, 0.2) is 0 Å². The monoisotopic (exact) mass is 333 g/mol. The highest BCUT2D eigenvalue weighted by molar-refractivity contribution is 5.94. The minimum atomic E-state index is -0.239. The molecule has 1 amide bonds. The number of nitrogens with zero attached hydrogens (tertiary/aromatic N) is 3. The number of hydrogen-bond acceptors (Lipinski definition) is 5. The number of amides is 1. The molecule has 2 aromatic carbocycles. The van der Waals surface area contributed by atoms with E-state index < -0.39 is 0 Å². The maximum Gasteiger partial charge on any atom is 0.251 e. The molecule has 25 heavy (non-hydrogen) atoms. The number of fused-ring (bicyclic) bond motifs is 1. The quantitative estimate of drug-likeness (QED) is 0.598. The molecular formula is C18H15N5O2. The first kappa shape index (κ1) is 15.1. The van der Waals surface area contributed by atoms with Gasteiger partial charge in [0.2, 0.25) is 12.2 Å². The zero-order valence-electron chi connectivity index (χ0n) is 13.4. The third-order valence-electron chi connectivity index (χ3n) is 3.93. The minimum Gasteiger partial charge on any atom is -0.342 e. The Balaban J connectivity index is 1.49. The third kappa shape index (κ3) is 2.99. The molecule has 2 heterocycles. The van der Waals surface area contributed by atoms with Crippen LogP contribution >= 0.6 is 0 Å². The fourth-order valence-corrected chi connectivity index (χ4v) is 2.59. The molecule has 0 spiro atoms. The summed E-state index contributed by atoms with van der Waals surface area (Å²) in [5, 5.41) is 6.72. The molecule has 0 aliphatic heterocycles. The second kappa shape index (κ2) is 6.20. The van der Waals surface area contributed by atoms with Crippen molar-refractivity contribution in [3.05, 3.63) is 66.3 Å². The van der Waals surface area contributed by atoms with E-state index in [0.717, 1.165) is 22.4 Å². The normalized spacial score (nSPS) is 12.2. The zero-order valence-corrected chi connectivity index (χ0v) is 13.4. The molecular weight excluding hydrogens is 318 g/mol. The lowest BCUT2D eigenvalue weighted by Gasteiger charge is -2.11. The summed E-state index contributed by atoms with van der Waals surface area (Å²) in [4.78, 5) is 24.2. The topological polar surface area (TPSA) is 96.7 Å². The van der Waals surface area contributed by atoms with Crippen LogP contribution in [0.5, 0.6) is 0 Å². The smallest absolute Gasteiger partial charge is 0.251 e. The lowest BCUT2D eigenvalue weighted by atomic mass is 10.1. The van der Waals surface area contributed by atoms with Crippen molar-refractivity contribution in [1.29, 1.82) is 0 Å². The number of H-pyrrole nitrogens is 1. The first-order valence-corrected chi connectivity index (χ1v) is 7.83. The summed E-state index contributed by atoms with van der Waals surface area (Å²) in [5.41, 5.74) is 3.16. The summed E-state index contributed by atoms with van der Waals surface area (Å²) in [7, 11) is 0. The Kier molecular flexibility index (Phi) is 3.74. The van der Waals surface area contributed by atoms with Crippen molar-refractivity contribution in [2.24, 2.45) is 0 Å². The lowest BCUT2D eigenvalue weighted by molar-refractivity contribution is 0.0938. The van der Waals surface area contributed by atoms with Gasteiger partial charge in [-0.15, -0.1) is 0 Å². The summed E-state index contributed by atoms with van der Waals surface area (Å²) >= 11 is 0. The number of aromatic nitrogens is 4. The average molecular weight is 333 g/mol. The number of carbonyl (C=O) groups excluding carboxylic acids is 1. The van der Waals surface area contributed by atoms with Crippen LogP contribution in [-0.4, -0.2) is 26.0 Å². The summed E-state index contributed by atoms with van der Waals surface area (Å²) in [5.74, 6) is 1.04. The molecule has 0 radical (unpaired) electrons. The van der Waals surface area contributed by atoms with Gasteiger partial charge >= 0.3 is 0 Å². The largest absolute Gasteiger partial charge is 0.342 e. The Hall–Kier alpha value is -3.48. The van der Waals surface area contributed by atoms with Crippen molar-refractivity contribution in [1.82, 2.24) is 25.4 Å². The molecule has 0 saturated heterocycles. The van der Waals surface area contributed by atoms with Crippen LogP contribution in [0, 0.1) is 0 Å². The van der Waals surface area contributed by atoms with E-state index in [1.807, 2.05) is 31.2 Å². The van der Waals surface area contributed by atoms with Crippen LogP contribution in [0.3, 0.4) is 0 Å². The second-order valence-corrected chi connectivity index (χ2v) is 5.67. The third-order valence-corrected chi connectivity index (χ3v) is 3.93. The lowest BCUT2D eigenvalue weighted by Crippen LogP contribution is -2.27. The Labute approximate surface area is 143 Å². The Morgan fingerprint density at radius 2 is 1.96 bits per heavy atom. The van der Waals surface area contributed by atoms with Gasteiger partial charge in [0.1, 0.15) is 5.82 Å². The number of nitrogens with one attached hydrogen (secondary N) is 2. The molecule has 4 aromatic rings. The van der Waals surface area contributed by atoms with Crippen LogP contribution < -0.4 is 5.32 Å². The number of benzene rings is 2. The van der Waals surface area contributed by atoms with Gasteiger partial charge in [0.25, 0.3) is 5.91 Å². The summed E-state index contributed by atoms with van der Waals surface area (Å²) < 4.78 is 4.72. The molecule has 4 rings (SSSR count). The van der Waals surface area contributed by atoms with E-state index in [0.29, 0.717) is 11.4 Å². The summed E-state index contributed by atoms with van der Waals surface area (Å²) in [6.45, 7) is 1.89. The molecule has 0 fully saturated rings. The number of para-hydroxylation sites is 2. The van der Waals surface area contributed by atoms with Gasteiger partial charge in [-0.2, -0.15) is 4.98 Å². The Morgan fingerprint density at radius 1 is 1.16 bits per heavy atom. The van der Waals surface area contributed by atoms with E-state index in [4.69, 9.17) is 4.52 Å². The van der Waals surface area contributed by atoms with Crippen molar-refractivity contribution in [2.45, 2.75) is 13.0 Å². The molecule has 2 aromatic heterocycles. The standard InChI is InChI=1S/C18H15N5O2/c1-11(16-21-14-4-2-3-5-15(14)22-16)20-18(24)13-8-6-12(7-9-13)17-19-10-25-23-17/h2-11H,1H3,(H,20,24)(H,21,22).